The summed E-state index contributed by atoms with van der Waals surface area (Å²) in [6.45, 7) is 0. The Bertz CT molecular complexity index is 1390. The predicted molar refractivity (Wildman–Crippen MR) is 129 cm³/mol. The highest BCUT2D eigenvalue weighted by atomic mass is 32.2. The molecule has 0 radical (unpaired) electrons. The molecule has 0 bridgehead atoms. The molecule has 0 amide bonds. The van der Waals surface area contributed by atoms with Gasteiger partial charge in [-0.25, -0.2) is 23.1 Å². The number of hydrogen-bond acceptors (Lipinski definition) is 8. The molecular formula is C23H21N5O3S2. The minimum Gasteiger partial charge on any atom is -0.444 e. The largest absolute Gasteiger partial charge is 0.444 e. The minimum atomic E-state index is -3.54. The normalized spacial score (nSPS) is 13.6. The van der Waals surface area contributed by atoms with Gasteiger partial charge in [0.1, 0.15) is 17.3 Å². The van der Waals surface area contributed by atoms with E-state index in [4.69, 9.17) is 10.5 Å². The lowest BCUT2D eigenvalue weighted by atomic mass is 10.2. The van der Waals surface area contributed by atoms with Crippen molar-refractivity contribution in [3.8, 4) is 22.1 Å². The zero-order valence-corrected chi connectivity index (χ0v) is 19.1. The standard InChI is InChI=1S/C23H21N5O3S2/c24-23-27-21(15-5-2-1-3-6-15)22(32-23)31-18-11-12-25-20(14-18)26-17-7-4-8-19(13-17)33(29,30)28-16-9-10-16/h1-8,11-14,16,28H,9-10H2,(H2,24,27)(H,25,26). The molecule has 2 aromatic carbocycles. The van der Waals surface area contributed by atoms with E-state index in [9.17, 15) is 8.42 Å². The first-order chi connectivity index (χ1) is 16.0. The van der Waals surface area contributed by atoms with Crippen LogP contribution in [0.3, 0.4) is 0 Å². The summed E-state index contributed by atoms with van der Waals surface area (Å²) < 4.78 is 33.8. The van der Waals surface area contributed by atoms with E-state index in [1.54, 1.807) is 42.6 Å². The van der Waals surface area contributed by atoms with Crippen molar-refractivity contribution in [2.75, 3.05) is 11.1 Å². The van der Waals surface area contributed by atoms with E-state index in [1.165, 1.54) is 11.3 Å². The van der Waals surface area contributed by atoms with Crippen molar-refractivity contribution in [3.63, 3.8) is 0 Å². The van der Waals surface area contributed by atoms with E-state index in [1.807, 2.05) is 30.3 Å². The smallest absolute Gasteiger partial charge is 0.240 e. The number of rotatable bonds is 8. The van der Waals surface area contributed by atoms with Crippen LogP contribution in [0.5, 0.6) is 10.8 Å². The number of nitrogen functional groups attached to an aromatic ring is 1. The van der Waals surface area contributed by atoms with Crippen LogP contribution in [0.4, 0.5) is 16.6 Å². The summed E-state index contributed by atoms with van der Waals surface area (Å²) in [4.78, 5) is 8.93. The molecule has 5 rings (SSSR count). The van der Waals surface area contributed by atoms with Gasteiger partial charge in [0.05, 0.1) is 4.90 Å². The van der Waals surface area contributed by atoms with Gasteiger partial charge in [-0.3, -0.25) is 0 Å². The maximum Gasteiger partial charge on any atom is 0.240 e. The summed E-state index contributed by atoms with van der Waals surface area (Å²) >= 11 is 1.26. The third-order valence-corrected chi connectivity index (χ3v) is 7.20. The van der Waals surface area contributed by atoms with Crippen molar-refractivity contribution in [1.82, 2.24) is 14.7 Å². The minimum absolute atomic E-state index is 0.0451. The van der Waals surface area contributed by atoms with Gasteiger partial charge in [0.2, 0.25) is 15.1 Å². The zero-order chi connectivity index (χ0) is 22.8. The Hall–Kier alpha value is -3.47. The zero-order valence-electron chi connectivity index (χ0n) is 17.4. The van der Waals surface area contributed by atoms with E-state index in [0.29, 0.717) is 33.1 Å². The molecule has 168 valence electrons. The first-order valence-corrected chi connectivity index (χ1v) is 12.6. The van der Waals surface area contributed by atoms with Crippen molar-refractivity contribution in [2.45, 2.75) is 23.8 Å². The molecule has 1 fully saturated rings. The van der Waals surface area contributed by atoms with E-state index in [-0.39, 0.29) is 10.9 Å². The molecule has 1 saturated carbocycles. The van der Waals surface area contributed by atoms with Gasteiger partial charge in [-0.05, 0) is 37.1 Å². The molecule has 0 spiro atoms. The highest BCUT2D eigenvalue weighted by Crippen LogP contribution is 2.39. The van der Waals surface area contributed by atoms with Crippen LogP contribution in [-0.2, 0) is 10.0 Å². The molecule has 0 aliphatic heterocycles. The van der Waals surface area contributed by atoms with Crippen LogP contribution in [-0.4, -0.2) is 24.4 Å². The van der Waals surface area contributed by atoms with Gasteiger partial charge >= 0.3 is 0 Å². The molecule has 33 heavy (non-hydrogen) atoms. The monoisotopic (exact) mass is 479 g/mol. The van der Waals surface area contributed by atoms with Gasteiger partial charge in [-0.15, -0.1) is 0 Å². The SMILES string of the molecule is Nc1nc(-c2ccccc2)c(Oc2ccnc(Nc3cccc(S(=O)(=O)NC4CC4)c3)c2)s1. The molecule has 0 saturated heterocycles. The number of aromatic nitrogens is 2. The number of pyridine rings is 1. The summed E-state index contributed by atoms with van der Waals surface area (Å²) in [7, 11) is -3.54. The van der Waals surface area contributed by atoms with E-state index in [2.05, 4.69) is 20.0 Å². The highest BCUT2D eigenvalue weighted by Gasteiger charge is 2.28. The molecule has 2 heterocycles. The fourth-order valence-electron chi connectivity index (χ4n) is 3.20. The molecule has 4 N–H and O–H groups in total. The van der Waals surface area contributed by atoms with Crippen LogP contribution in [0.25, 0.3) is 11.3 Å². The van der Waals surface area contributed by atoms with Gasteiger partial charge in [0.15, 0.2) is 5.13 Å². The van der Waals surface area contributed by atoms with Crippen LogP contribution in [0.15, 0.2) is 77.8 Å². The lowest BCUT2D eigenvalue weighted by Gasteiger charge is -2.10. The fraction of sp³-hybridized carbons (Fsp3) is 0.130. The summed E-state index contributed by atoms with van der Waals surface area (Å²) in [6.07, 6.45) is 3.37. The van der Waals surface area contributed by atoms with Gasteiger partial charge in [-0.2, -0.15) is 0 Å². The van der Waals surface area contributed by atoms with Crippen LogP contribution < -0.4 is 20.5 Å². The van der Waals surface area contributed by atoms with Gasteiger partial charge in [0.25, 0.3) is 0 Å². The van der Waals surface area contributed by atoms with Gasteiger partial charge < -0.3 is 15.8 Å². The second kappa shape index (κ2) is 8.81. The van der Waals surface area contributed by atoms with E-state index in [0.717, 1.165) is 18.4 Å². The van der Waals surface area contributed by atoms with Crippen molar-refractivity contribution in [1.29, 1.82) is 0 Å². The van der Waals surface area contributed by atoms with Crippen molar-refractivity contribution < 1.29 is 13.2 Å². The average Bonchev–Trinajstić information content (AvgIpc) is 3.54. The third kappa shape index (κ3) is 5.14. The Morgan fingerprint density at radius 1 is 1.03 bits per heavy atom. The molecule has 1 aliphatic carbocycles. The first kappa shape index (κ1) is 21.4. The third-order valence-electron chi connectivity index (χ3n) is 4.92. The number of ether oxygens (including phenoxy) is 1. The summed E-state index contributed by atoms with van der Waals surface area (Å²) in [6, 6.07) is 19.8. The highest BCUT2D eigenvalue weighted by molar-refractivity contribution is 7.89. The quantitative estimate of drug-likeness (QED) is 0.333. The maximum absolute atomic E-state index is 12.5. The molecule has 0 atom stereocenters. The molecule has 2 aromatic heterocycles. The van der Waals surface area contributed by atoms with Crippen molar-refractivity contribution >= 4 is 38.0 Å². The summed E-state index contributed by atoms with van der Waals surface area (Å²) in [5.74, 6) is 1.06. The number of nitrogens with one attached hydrogen (secondary N) is 2. The van der Waals surface area contributed by atoms with Crippen LogP contribution in [0, 0.1) is 0 Å². The lowest BCUT2D eigenvalue weighted by Crippen LogP contribution is -2.25. The molecule has 4 aromatic rings. The number of sulfonamides is 1. The topological polar surface area (TPSA) is 119 Å². The van der Waals surface area contributed by atoms with E-state index < -0.39 is 10.0 Å². The first-order valence-electron chi connectivity index (χ1n) is 10.3. The van der Waals surface area contributed by atoms with Crippen LogP contribution in [0.1, 0.15) is 12.8 Å². The number of thiazole rings is 1. The molecule has 8 nitrogen and oxygen atoms in total. The van der Waals surface area contributed by atoms with Crippen LogP contribution >= 0.6 is 11.3 Å². The lowest BCUT2D eigenvalue weighted by molar-refractivity contribution is 0.496. The fourth-order valence-corrected chi connectivity index (χ4v) is 5.27. The molecule has 0 unspecified atom stereocenters. The number of nitrogens with two attached hydrogens (primary N) is 1. The Balaban J connectivity index is 1.35. The molecule has 1 aliphatic rings. The Morgan fingerprint density at radius 3 is 2.64 bits per heavy atom. The Labute approximate surface area is 195 Å². The second-order valence-corrected chi connectivity index (χ2v) is 10.3. The predicted octanol–water partition coefficient (Wildman–Crippen LogP) is 4.76. The second-order valence-electron chi connectivity index (χ2n) is 7.58. The summed E-state index contributed by atoms with van der Waals surface area (Å²) in [5.41, 5.74) is 8.12. The molecular weight excluding hydrogens is 458 g/mol. The van der Waals surface area contributed by atoms with Crippen molar-refractivity contribution in [3.05, 3.63) is 72.9 Å². The maximum atomic E-state index is 12.5. The average molecular weight is 480 g/mol. The number of anilines is 3. The van der Waals surface area contributed by atoms with Crippen molar-refractivity contribution in [2.24, 2.45) is 0 Å². The molecule has 10 heteroatoms. The Kier molecular flexibility index (Phi) is 5.71. The van der Waals surface area contributed by atoms with Crippen LogP contribution in [0.2, 0.25) is 0 Å². The van der Waals surface area contributed by atoms with Gasteiger partial charge in [-0.1, -0.05) is 47.7 Å². The number of hydrogen-bond donors (Lipinski definition) is 3. The van der Waals surface area contributed by atoms with E-state index >= 15 is 0 Å². The number of nitrogens with zero attached hydrogens (tertiary/aromatic N) is 2. The Morgan fingerprint density at radius 2 is 1.85 bits per heavy atom. The number of benzene rings is 2. The summed E-state index contributed by atoms with van der Waals surface area (Å²) in [5, 5.41) is 4.13. The van der Waals surface area contributed by atoms with Gasteiger partial charge in [0, 0.05) is 29.6 Å².